The van der Waals surface area contributed by atoms with Crippen molar-refractivity contribution in [3.8, 4) is 0 Å². The Bertz CT molecular complexity index is 830. The minimum atomic E-state index is -0.367. The fourth-order valence-electron chi connectivity index (χ4n) is 3.00. The van der Waals surface area contributed by atoms with Gasteiger partial charge in [-0.25, -0.2) is 4.39 Å². The van der Waals surface area contributed by atoms with Crippen LogP contribution in [0.25, 0.3) is 5.57 Å². The molecule has 0 spiro atoms. The molecule has 0 aliphatic carbocycles. The van der Waals surface area contributed by atoms with E-state index in [1.54, 1.807) is 12.3 Å². The molecule has 0 aromatic heterocycles. The number of halogens is 1. The number of fused-ring (bicyclic) bond motifs is 1. The molecule has 0 bridgehead atoms. The Labute approximate surface area is 152 Å². The number of hydrogen-bond acceptors (Lipinski definition) is 4. The third-order valence-electron chi connectivity index (χ3n) is 4.08. The third kappa shape index (κ3) is 4.21. The van der Waals surface area contributed by atoms with Crippen molar-refractivity contribution in [2.24, 2.45) is 0 Å². The van der Waals surface area contributed by atoms with E-state index in [0.717, 1.165) is 17.9 Å². The normalized spacial score (nSPS) is 15.7. The van der Waals surface area contributed by atoms with E-state index in [2.05, 4.69) is 27.8 Å². The molecule has 1 unspecified atom stereocenters. The Morgan fingerprint density at radius 3 is 2.54 bits per heavy atom. The number of benzene rings is 2. The highest BCUT2D eigenvalue weighted by Crippen LogP contribution is 2.32. The van der Waals surface area contributed by atoms with Crippen LogP contribution in [-0.4, -0.2) is 37.5 Å². The van der Waals surface area contributed by atoms with Gasteiger partial charge < -0.3 is 20.9 Å². The van der Waals surface area contributed by atoms with Crippen LogP contribution in [0.1, 0.15) is 12.5 Å². The van der Waals surface area contributed by atoms with Crippen molar-refractivity contribution in [3.05, 3.63) is 60.0 Å². The molecule has 1 aliphatic heterocycles. The summed E-state index contributed by atoms with van der Waals surface area (Å²) >= 11 is 0. The molecule has 0 saturated carbocycles. The van der Waals surface area contributed by atoms with Crippen molar-refractivity contribution < 1.29 is 9.18 Å². The number of carbonyl (C=O) groups excluding carboxylic acids is 1. The lowest BCUT2D eigenvalue weighted by Crippen LogP contribution is -2.29. The highest BCUT2D eigenvalue weighted by atomic mass is 19.1. The van der Waals surface area contributed by atoms with Gasteiger partial charge in [-0.3, -0.25) is 4.79 Å². The van der Waals surface area contributed by atoms with Crippen molar-refractivity contribution in [2.45, 2.75) is 13.0 Å². The summed E-state index contributed by atoms with van der Waals surface area (Å²) in [4.78, 5) is 14.2. The highest BCUT2D eigenvalue weighted by Gasteiger charge is 2.24. The largest absolute Gasteiger partial charge is 0.381 e. The van der Waals surface area contributed by atoms with E-state index in [0.29, 0.717) is 22.9 Å². The van der Waals surface area contributed by atoms with E-state index < -0.39 is 0 Å². The average molecular weight is 354 g/mol. The number of nitrogens with one attached hydrogen (secondary N) is 3. The van der Waals surface area contributed by atoms with E-state index in [-0.39, 0.29) is 11.7 Å². The van der Waals surface area contributed by atoms with Crippen molar-refractivity contribution >= 4 is 28.5 Å². The quantitative estimate of drug-likeness (QED) is 0.694. The van der Waals surface area contributed by atoms with E-state index in [4.69, 9.17) is 0 Å². The first kappa shape index (κ1) is 17.9. The molecule has 3 rings (SSSR count). The second kappa shape index (κ2) is 7.58. The summed E-state index contributed by atoms with van der Waals surface area (Å²) in [5, 5.41) is 9.27. The Kier molecular flexibility index (Phi) is 5.23. The second-order valence-corrected chi connectivity index (χ2v) is 6.73. The van der Waals surface area contributed by atoms with Crippen LogP contribution in [0.2, 0.25) is 0 Å². The second-order valence-electron chi connectivity index (χ2n) is 6.73. The van der Waals surface area contributed by atoms with Crippen LogP contribution >= 0.6 is 0 Å². The highest BCUT2D eigenvalue weighted by molar-refractivity contribution is 6.31. The molecule has 6 heteroatoms. The molecule has 1 aliphatic rings. The van der Waals surface area contributed by atoms with Crippen LogP contribution in [-0.2, 0) is 4.79 Å². The Balaban J connectivity index is 1.68. The van der Waals surface area contributed by atoms with Gasteiger partial charge in [0.1, 0.15) is 5.82 Å². The molecule has 1 heterocycles. The Morgan fingerprint density at radius 1 is 1.15 bits per heavy atom. The molecular weight excluding hydrogens is 331 g/mol. The molecule has 2 aromatic carbocycles. The Hall–Kier alpha value is -2.86. The van der Waals surface area contributed by atoms with Crippen LogP contribution in [0.3, 0.4) is 0 Å². The number of anilines is 3. The molecule has 26 heavy (non-hydrogen) atoms. The molecule has 1 atom stereocenters. The first-order chi connectivity index (χ1) is 12.4. The van der Waals surface area contributed by atoms with Gasteiger partial charge in [0.25, 0.3) is 5.91 Å². The Morgan fingerprint density at radius 2 is 1.85 bits per heavy atom. The topological polar surface area (TPSA) is 56.4 Å². The van der Waals surface area contributed by atoms with Gasteiger partial charge in [-0.15, -0.1) is 0 Å². The molecule has 136 valence electrons. The van der Waals surface area contributed by atoms with E-state index in [1.807, 2.05) is 38.4 Å². The summed E-state index contributed by atoms with van der Waals surface area (Å²) < 4.78 is 13.5. The number of amides is 1. The van der Waals surface area contributed by atoms with Gasteiger partial charge in [0, 0.05) is 41.4 Å². The molecule has 0 radical (unpaired) electrons. The molecule has 3 N–H and O–H groups in total. The minimum absolute atomic E-state index is 0.242. The maximum atomic E-state index is 13.5. The minimum Gasteiger partial charge on any atom is -0.381 e. The molecule has 0 saturated heterocycles. The lowest BCUT2D eigenvalue weighted by Gasteiger charge is -2.19. The zero-order chi connectivity index (χ0) is 18.7. The standard InChI is InChI=1S/C20H23FN4O/c1-13(12-25(2)3)23-16-7-5-15(6-8-16)22-11-18-17-10-14(21)4-9-19(17)24-20(18)26/h4-11,13,22-23H,12H2,1-3H3,(H,24,26). The van der Waals surface area contributed by atoms with Gasteiger partial charge in [-0.2, -0.15) is 0 Å². The fourth-order valence-corrected chi connectivity index (χ4v) is 3.00. The SMILES string of the molecule is CC(CN(C)C)Nc1ccc(NC=C2C(=O)Nc3ccc(F)cc32)cc1. The zero-order valence-corrected chi connectivity index (χ0v) is 15.1. The summed E-state index contributed by atoms with van der Waals surface area (Å²) in [6, 6.07) is 12.4. The van der Waals surface area contributed by atoms with Crippen molar-refractivity contribution in [1.29, 1.82) is 0 Å². The predicted molar refractivity (Wildman–Crippen MR) is 105 cm³/mol. The first-order valence-electron chi connectivity index (χ1n) is 8.51. The smallest absolute Gasteiger partial charge is 0.257 e. The maximum absolute atomic E-state index is 13.5. The summed E-state index contributed by atoms with van der Waals surface area (Å²) in [5.74, 6) is -0.609. The van der Waals surface area contributed by atoms with Crippen LogP contribution in [0.15, 0.2) is 48.7 Å². The van der Waals surface area contributed by atoms with Crippen LogP contribution in [0, 0.1) is 5.82 Å². The van der Waals surface area contributed by atoms with Crippen molar-refractivity contribution in [3.63, 3.8) is 0 Å². The zero-order valence-electron chi connectivity index (χ0n) is 15.1. The van der Waals surface area contributed by atoms with Crippen LogP contribution < -0.4 is 16.0 Å². The van der Waals surface area contributed by atoms with E-state index in [9.17, 15) is 9.18 Å². The van der Waals surface area contributed by atoms with Crippen LogP contribution in [0.5, 0.6) is 0 Å². The third-order valence-corrected chi connectivity index (χ3v) is 4.08. The lowest BCUT2D eigenvalue weighted by atomic mass is 10.1. The van der Waals surface area contributed by atoms with Gasteiger partial charge in [-0.05, 0) is 63.5 Å². The van der Waals surface area contributed by atoms with Crippen molar-refractivity contribution in [1.82, 2.24) is 4.90 Å². The van der Waals surface area contributed by atoms with Gasteiger partial charge in [0.2, 0.25) is 0 Å². The van der Waals surface area contributed by atoms with Gasteiger partial charge in [0.15, 0.2) is 0 Å². The van der Waals surface area contributed by atoms with E-state index >= 15 is 0 Å². The summed E-state index contributed by atoms with van der Waals surface area (Å²) in [5.41, 5.74) is 3.49. The number of hydrogen-bond donors (Lipinski definition) is 3. The molecular formula is C20H23FN4O. The van der Waals surface area contributed by atoms with Gasteiger partial charge in [-0.1, -0.05) is 0 Å². The van der Waals surface area contributed by atoms with Gasteiger partial charge in [0.05, 0.1) is 5.57 Å². The van der Waals surface area contributed by atoms with Crippen molar-refractivity contribution in [2.75, 3.05) is 36.6 Å². The lowest BCUT2D eigenvalue weighted by molar-refractivity contribution is -0.110. The summed E-state index contributed by atoms with van der Waals surface area (Å²) in [6.07, 6.45) is 1.61. The number of likely N-dealkylation sites (N-methyl/N-ethyl adjacent to an activating group) is 1. The number of rotatable bonds is 6. The first-order valence-corrected chi connectivity index (χ1v) is 8.51. The molecule has 2 aromatic rings. The number of nitrogens with zero attached hydrogens (tertiary/aromatic N) is 1. The number of carbonyl (C=O) groups is 1. The monoisotopic (exact) mass is 354 g/mol. The molecule has 5 nitrogen and oxygen atoms in total. The maximum Gasteiger partial charge on any atom is 0.257 e. The van der Waals surface area contributed by atoms with Crippen LogP contribution in [0.4, 0.5) is 21.5 Å². The molecule has 0 fully saturated rings. The average Bonchev–Trinajstić information content (AvgIpc) is 2.88. The summed E-state index contributed by atoms with van der Waals surface area (Å²) in [6.45, 7) is 3.07. The predicted octanol–water partition coefficient (Wildman–Crippen LogP) is 3.59. The van der Waals surface area contributed by atoms with E-state index in [1.165, 1.54) is 12.1 Å². The summed E-state index contributed by atoms with van der Waals surface area (Å²) in [7, 11) is 4.09. The molecule has 1 amide bonds. The van der Waals surface area contributed by atoms with Gasteiger partial charge >= 0.3 is 0 Å². The fraction of sp³-hybridized carbons (Fsp3) is 0.250.